The molecule has 0 heterocycles. The van der Waals surface area contributed by atoms with Crippen molar-refractivity contribution in [2.75, 3.05) is 11.9 Å². The van der Waals surface area contributed by atoms with Crippen LogP contribution in [0, 0.1) is 24.2 Å². The Morgan fingerprint density at radius 3 is 2.40 bits per heavy atom. The third kappa shape index (κ3) is 5.84. The Morgan fingerprint density at radius 2 is 1.84 bits per heavy atom. The van der Waals surface area contributed by atoms with Gasteiger partial charge in [0.05, 0.1) is 5.92 Å². The van der Waals surface area contributed by atoms with E-state index in [-0.39, 0.29) is 29.8 Å². The van der Waals surface area contributed by atoms with Gasteiger partial charge in [0.1, 0.15) is 0 Å². The number of amides is 1. The van der Waals surface area contributed by atoms with E-state index in [1.54, 1.807) is 0 Å². The zero-order valence-corrected chi connectivity index (χ0v) is 17.1. The van der Waals surface area contributed by atoms with Gasteiger partial charge in [-0.15, -0.1) is 0 Å². The van der Waals surface area contributed by atoms with E-state index in [4.69, 9.17) is 4.74 Å². The quantitative estimate of drug-likeness (QED) is 0.704. The van der Waals surface area contributed by atoms with Crippen LogP contribution < -0.4 is 5.32 Å². The van der Waals surface area contributed by atoms with Crippen molar-refractivity contribution in [3.8, 4) is 0 Å². The molecular formula is C20H28BrNO3. The van der Waals surface area contributed by atoms with Crippen molar-refractivity contribution in [3.63, 3.8) is 0 Å². The molecule has 1 aromatic carbocycles. The Morgan fingerprint density at radius 1 is 1.20 bits per heavy atom. The molecule has 1 N–H and O–H groups in total. The number of carbonyl (C=O) groups excluding carboxylic acids is 2. The smallest absolute Gasteiger partial charge is 0.309 e. The maximum absolute atomic E-state index is 12.2. The van der Waals surface area contributed by atoms with Crippen molar-refractivity contribution in [3.05, 3.63) is 28.2 Å². The molecule has 5 heteroatoms. The van der Waals surface area contributed by atoms with Gasteiger partial charge in [-0.1, -0.05) is 36.7 Å². The number of ether oxygens (including phenoxy) is 1. The highest BCUT2D eigenvalue weighted by Crippen LogP contribution is 2.40. The maximum Gasteiger partial charge on any atom is 0.309 e. The van der Waals surface area contributed by atoms with Crippen LogP contribution in [0.4, 0.5) is 5.69 Å². The van der Waals surface area contributed by atoms with Gasteiger partial charge in [0.2, 0.25) is 0 Å². The minimum absolute atomic E-state index is 0.0682. The van der Waals surface area contributed by atoms with E-state index in [1.807, 2.05) is 25.1 Å². The average molecular weight is 410 g/mol. The molecule has 0 saturated heterocycles. The Bertz CT molecular complexity index is 628. The number of nitrogens with one attached hydrogen (secondary N) is 1. The van der Waals surface area contributed by atoms with E-state index in [2.05, 4.69) is 42.0 Å². The topological polar surface area (TPSA) is 55.4 Å². The van der Waals surface area contributed by atoms with Crippen LogP contribution in [-0.2, 0) is 14.3 Å². The van der Waals surface area contributed by atoms with E-state index in [0.717, 1.165) is 35.7 Å². The first-order chi connectivity index (χ1) is 11.7. The molecule has 0 radical (unpaired) electrons. The summed E-state index contributed by atoms with van der Waals surface area (Å²) in [5.41, 5.74) is 2.02. The minimum atomic E-state index is -0.307. The largest absolute Gasteiger partial charge is 0.455 e. The highest BCUT2D eigenvalue weighted by Gasteiger charge is 2.33. The van der Waals surface area contributed by atoms with Crippen molar-refractivity contribution >= 4 is 33.5 Å². The molecule has 0 bridgehead atoms. The van der Waals surface area contributed by atoms with Gasteiger partial charge >= 0.3 is 5.97 Å². The average Bonchev–Trinajstić information content (AvgIpc) is 2.55. The zero-order valence-electron chi connectivity index (χ0n) is 15.5. The minimum Gasteiger partial charge on any atom is -0.455 e. The number of rotatable bonds is 4. The number of anilines is 1. The van der Waals surface area contributed by atoms with Gasteiger partial charge in [0.15, 0.2) is 6.61 Å². The van der Waals surface area contributed by atoms with E-state index in [9.17, 15) is 9.59 Å². The molecular weight excluding hydrogens is 382 g/mol. The number of halogens is 1. The molecule has 25 heavy (non-hydrogen) atoms. The third-order valence-electron chi connectivity index (χ3n) is 5.07. The molecule has 0 aromatic heterocycles. The Hall–Kier alpha value is -1.36. The van der Waals surface area contributed by atoms with Crippen LogP contribution in [0.1, 0.15) is 52.0 Å². The molecule has 1 aliphatic rings. The van der Waals surface area contributed by atoms with Crippen LogP contribution in [-0.4, -0.2) is 18.5 Å². The lowest BCUT2D eigenvalue weighted by Gasteiger charge is -2.36. The molecule has 1 saturated carbocycles. The molecule has 2 rings (SSSR count). The van der Waals surface area contributed by atoms with Gasteiger partial charge in [-0.25, -0.2) is 0 Å². The molecule has 0 unspecified atom stereocenters. The normalized spacial score (nSPS) is 20.8. The van der Waals surface area contributed by atoms with Gasteiger partial charge in [-0.3, -0.25) is 9.59 Å². The SMILES string of the molecule is Cc1cc(NC(=O)COC(=O)C2CCC(C(C)(C)C)CC2)ccc1Br. The lowest BCUT2D eigenvalue weighted by atomic mass is 9.70. The summed E-state index contributed by atoms with van der Waals surface area (Å²) in [5.74, 6) is 0.0368. The molecule has 138 valence electrons. The van der Waals surface area contributed by atoms with Crippen LogP contribution in [0.5, 0.6) is 0 Å². The molecule has 4 nitrogen and oxygen atoms in total. The number of esters is 1. The maximum atomic E-state index is 12.2. The second kappa shape index (κ2) is 8.35. The van der Waals surface area contributed by atoms with Crippen LogP contribution in [0.25, 0.3) is 0 Å². The standard InChI is InChI=1S/C20H28BrNO3/c1-13-11-16(9-10-17(13)21)22-18(23)12-25-19(24)14-5-7-15(8-6-14)20(2,3)4/h9-11,14-15H,5-8,12H2,1-4H3,(H,22,23). The van der Waals surface area contributed by atoms with E-state index in [1.165, 1.54) is 0 Å². The lowest BCUT2D eigenvalue weighted by Crippen LogP contribution is -2.31. The van der Waals surface area contributed by atoms with Gasteiger partial charge in [0, 0.05) is 10.2 Å². The number of benzene rings is 1. The highest BCUT2D eigenvalue weighted by molar-refractivity contribution is 9.10. The van der Waals surface area contributed by atoms with Crippen molar-refractivity contribution in [1.82, 2.24) is 0 Å². The molecule has 1 aromatic rings. The Kier molecular flexibility index (Phi) is 6.66. The first-order valence-corrected chi connectivity index (χ1v) is 9.68. The first kappa shape index (κ1) is 20.0. The Labute approximate surface area is 158 Å². The summed E-state index contributed by atoms with van der Waals surface area (Å²) >= 11 is 3.42. The van der Waals surface area contributed by atoms with Crippen LogP contribution in [0.2, 0.25) is 0 Å². The molecule has 0 aliphatic heterocycles. The summed E-state index contributed by atoms with van der Waals surface area (Å²) in [5, 5.41) is 2.76. The number of hydrogen-bond acceptors (Lipinski definition) is 3. The highest BCUT2D eigenvalue weighted by atomic mass is 79.9. The fourth-order valence-electron chi connectivity index (χ4n) is 3.37. The number of aryl methyl sites for hydroxylation is 1. The van der Waals surface area contributed by atoms with Gasteiger partial charge < -0.3 is 10.1 Å². The number of hydrogen-bond donors (Lipinski definition) is 1. The monoisotopic (exact) mass is 409 g/mol. The van der Waals surface area contributed by atoms with Crippen molar-refractivity contribution in [2.45, 2.75) is 53.4 Å². The summed E-state index contributed by atoms with van der Waals surface area (Å²) in [6.07, 6.45) is 3.81. The van der Waals surface area contributed by atoms with E-state index < -0.39 is 0 Å². The summed E-state index contributed by atoms with van der Waals surface area (Å²) in [6.45, 7) is 8.49. The number of carbonyl (C=O) groups is 2. The molecule has 0 atom stereocenters. The predicted octanol–water partition coefficient (Wildman–Crippen LogP) is 5.09. The second-order valence-corrected chi connectivity index (χ2v) is 8.89. The van der Waals surface area contributed by atoms with Crippen LogP contribution in [0.15, 0.2) is 22.7 Å². The summed E-state index contributed by atoms with van der Waals surface area (Å²) in [4.78, 5) is 24.2. The molecule has 0 spiro atoms. The van der Waals surface area contributed by atoms with Crippen molar-refractivity contribution in [2.24, 2.45) is 17.3 Å². The van der Waals surface area contributed by atoms with E-state index in [0.29, 0.717) is 11.6 Å². The van der Waals surface area contributed by atoms with Crippen molar-refractivity contribution in [1.29, 1.82) is 0 Å². The van der Waals surface area contributed by atoms with Gasteiger partial charge in [-0.2, -0.15) is 0 Å². The molecule has 1 fully saturated rings. The predicted molar refractivity (Wildman–Crippen MR) is 103 cm³/mol. The lowest BCUT2D eigenvalue weighted by molar-refractivity contribution is -0.153. The third-order valence-corrected chi connectivity index (χ3v) is 5.96. The first-order valence-electron chi connectivity index (χ1n) is 8.89. The Balaban J connectivity index is 1.76. The van der Waals surface area contributed by atoms with E-state index >= 15 is 0 Å². The van der Waals surface area contributed by atoms with Gasteiger partial charge in [-0.05, 0) is 67.7 Å². The fraction of sp³-hybridized carbons (Fsp3) is 0.600. The summed E-state index contributed by atoms with van der Waals surface area (Å²) in [6, 6.07) is 5.56. The van der Waals surface area contributed by atoms with Crippen LogP contribution >= 0.6 is 15.9 Å². The molecule has 1 amide bonds. The van der Waals surface area contributed by atoms with Gasteiger partial charge in [0.25, 0.3) is 5.91 Å². The zero-order chi connectivity index (χ0) is 18.6. The van der Waals surface area contributed by atoms with Crippen LogP contribution in [0.3, 0.4) is 0 Å². The molecule has 1 aliphatic carbocycles. The summed E-state index contributed by atoms with van der Waals surface area (Å²) < 4.78 is 6.22. The fourth-order valence-corrected chi connectivity index (χ4v) is 3.62. The summed E-state index contributed by atoms with van der Waals surface area (Å²) in [7, 11) is 0. The second-order valence-electron chi connectivity index (χ2n) is 8.03. The van der Waals surface area contributed by atoms with Crippen molar-refractivity contribution < 1.29 is 14.3 Å².